The van der Waals surface area contributed by atoms with Gasteiger partial charge in [0.15, 0.2) is 0 Å². The average molecular weight is 1470 g/mol. The minimum Gasteiger partial charge on any atom is -0.311 e. The van der Waals surface area contributed by atoms with Gasteiger partial charge in [0, 0.05) is 99.7 Å². The molecular weight excluding hydrogens is 1370 g/mol. The van der Waals surface area contributed by atoms with Crippen LogP contribution in [-0.4, -0.2) is 25.0 Å². The lowest BCUT2D eigenvalue weighted by atomic mass is 9.33. The third kappa shape index (κ3) is 9.94. The molecule has 0 saturated carbocycles. The molecule has 0 atom stereocenters. The van der Waals surface area contributed by atoms with Crippen molar-refractivity contribution in [3.05, 3.63) is 393 Å². The maximum atomic E-state index is 9.81. The van der Waals surface area contributed by atoms with Crippen molar-refractivity contribution in [1.82, 2.24) is 18.3 Å². The third-order valence-electron chi connectivity index (χ3n) is 22.1. The SMILES string of the molecule is [2H]c1c([2H])c([2H])c2c(c1[2H])c1c([2H])c([2H])c([2H])c([2H])c1n2-c1cccc(-c2ccc(-c3ccccc3N3c4cc(-n5c6c([2H])c([2H])c([2H])c([2H])c6c6c([2H])c([2H])c([2H])c([2H])c65)ccc4B4c5ccc(-n6c7c([2H])c([2H])c([2H])c([2H])c7c7c([2H])c([2H])c([2H])c([2H])c76)cc5N(c5ccccc5-c5ccc(-c6cccc(-n7c8c([2H])c([2H])c([2H])c([2H])c8c8c([2H])c([2H])c([2H])c([2H])c87)c6)cc5)c5cc(C(C)(C)C)cc3c54)cc2)c1. The van der Waals surface area contributed by atoms with E-state index >= 15 is 0 Å². The van der Waals surface area contributed by atoms with Crippen LogP contribution in [0, 0.1) is 0 Å². The molecule has 23 rings (SSSR count). The standard InChI is InChI=1S/C106H73BN6/c1-106(2,3)74-64-103-105-104(65-74)113(92-41-15-5-31-80(92)71-56-52-69(53-57-71)73-27-25-29-76(63-73)109-95-44-18-8-34-83(95)84-35-9-19-45-96(84)109)102-67-78(111-99-48-22-12-38-87(99)88-39-13-23-49-100(88)111)59-61-90(102)107(105)89-60-58-77(110-97-46-20-10-36-85(97)86-37-11-21-47-98(86)110)66-101(89)112(103)91-40-14-4-30-79(91)70-54-50-68(51-55-70)72-26-24-28-75(62-72)108-93-42-16-6-32-81(93)82-33-7-17-43-94(82)108/h4-67H,1-3H3/i6D,7D,8D,9D,10D,11D,12D,13D,16D,17D,18D,19D,20D,21D,22D,23D,32D,33D,34D,35D,36D,37D,38D,39D,42D,43D,44D,45D,46D,47D,48D,49D. The molecule has 0 amide bonds. The molecule has 2 aliphatic rings. The second kappa shape index (κ2) is 25.1. The average Bonchev–Trinajstić information content (AvgIpc) is 1.67. The molecule has 0 bridgehead atoms. The molecule has 0 N–H and O–H groups in total. The van der Waals surface area contributed by atoms with Crippen molar-refractivity contribution in [1.29, 1.82) is 0 Å². The Morgan fingerprint density at radius 2 is 0.522 bits per heavy atom. The van der Waals surface area contributed by atoms with E-state index in [1.54, 1.807) is 48.5 Å². The van der Waals surface area contributed by atoms with Gasteiger partial charge >= 0.3 is 0 Å². The number of fused-ring (bicyclic) bond motifs is 16. The van der Waals surface area contributed by atoms with Crippen molar-refractivity contribution < 1.29 is 43.9 Å². The summed E-state index contributed by atoms with van der Waals surface area (Å²) in [5.74, 6) is 0. The van der Waals surface area contributed by atoms with Crippen molar-refractivity contribution in [3.8, 4) is 67.3 Å². The first-order chi connectivity index (χ1) is 69.0. The molecule has 0 aliphatic carbocycles. The van der Waals surface area contributed by atoms with Crippen LogP contribution >= 0.6 is 0 Å². The molecule has 113 heavy (non-hydrogen) atoms. The number of nitrogens with zero attached hydrogens (tertiary/aromatic N) is 6. The van der Waals surface area contributed by atoms with Crippen LogP contribution < -0.4 is 26.2 Å². The Labute approximate surface area is 700 Å². The smallest absolute Gasteiger partial charge is 0.252 e. The first-order valence-electron chi connectivity index (χ1n) is 52.7. The summed E-state index contributed by atoms with van der Waals surface area (Å²) in [6.45, 7) is 5.29. The summed E-state index contributed by atoms with van der Waals surface area (Å²) >= 11 is 0. The molecule has 6 nitrogen and oxygen atoms in total. The molecule has 4 aromatic heterocycles. The zero-order valence-electron chi connectivity index (χ0n) is 92.2. The predicted molar refractivity (Wildman–Crippen MR) is 478 cm³/mol. The van der Waals surface area contributed by atoms with Gasteiger partial charge in [-0.15, -0.1) is 0 Å². The van der Waals surface area contributed by atoms with Crippen molar-refractivity contribution in [2.75, 3.05) is 9.80 Å². The van der Waals surface area contributed by atoms with Gasteiger partial charge < -0.3 is 28.1 Å². The lowest BCUT2D eigenvalue weighted by Crippen LogP contribution is -2.61. The Balaban J connectivity index is 0.772. The van der Waals surface area contributed by atoms with Crippen LogP contribution in [0.2, 0.25) is 0 Å². The van der Waals surface area contributed by atoms with Crippen LogP contribution in [0.3, 0.4) is 0 Å². The molecule has 0 spiro atoms. The van der Waals surface area contributed by atoms with Crippen LogP contribution in [0.15, 0.2) is 387 Å². The Kier molecular flexibility index (Phi) is 8.95. The third-order valence-corrected chi connectivity index (χ3v) is 22.1. The fourth-order valence-electron chi connectivity index (χ4n) is 17.1. The molecule has 0 fully saturated rings. The fraction of sp³-hybridized carbons (Fsp3) is 0.0377. The largest absolute Gasteiger partial charge is 0.311 e. The number of hydrogen-bond donors (Lipinski definition) is 0. The summed E-state index contributed by atoms with van der Waals surface area (Å²) in [5, 5.41) is -0.981. The summed E-state index contributed by atoms with van der Waals surface area (Å²) in [6.07, 6.45) is 0. The fourth-order valence-corrected chi connectivity index (χ4v) is 17.1. The summed E-state index contributed by atoms with van der Waals surface area (Å²) in [4.78, 5) is 4.22. The van der Waals surface area contributed by atoms with Gasteiger partial charge in [-0.2, -0.15) is 0 Å². The van der Waals surface area contributed by atoms with Gasteiger partial charge in [-0.25, -0.2) is 0 Å². The van der Waals surface area contributed by atoms with Crippen LogP contribution in [0.5, 0.6) is 0 Å². The van der Waals surface area contributed by atoms with Gasteiger partial charge in [0.2, 0.25) is 0 Å². The summed E-state index contributed by atoms with van der Waals surface area (Å²) in [5.41, 5.74) is 10.4. The Morgan fingerprint density at radius 1 is 0.239 bits per heavy atom. The van der Waals surface area contributed by atoms with E-state index in [2.05, 4.69) is 42.7 Å². The highest BCUT2D eigenvalue weighted by atomic mass is 15.2. The highest BCUT2D eigenvalue weighted by molar-refractivity contribution is 7.00. The Hall–Kier alpha value is -14.4. The van der Waals surface area contributed by atoms with E-state index in [4.69, 9.17) is 21.9 Å². The molecule has 0 radical (unpaired) electrons. The Morgan fingerprint density at radius 3 is 0.832 bits per heavy atom. The second-order valence-corrected chi connectivity index (χ2v) is 29.2. The summed E-state index contributed by atoms with van der Waals surface area (Å²) < 4.78 is 300. The highest BCUT2D eigenvalue weighted by Crippen LogP contribution is 2.52. The van der Waals surface area contributed by atoms with Crippen LogP contribution in [-0.2, 0) is 5.41 Å². The van der Waals surface area contributed by atoms with Crippen molar-refractivity contribution in [2.45, 2.75) is 26.2 Å². The van der Waals surface area contributed by atoms with Crippen LogP contribution in [0.4, 0.5) is 34.1 Å². The lowest BCUT2D eigenvalue weighted by Gasteiger charge is -2.46. The maximum Gasteiger partial charge on any atom is 0.252 e. The van der Waals surface area contributed by atoms with Crippen molar-refractivity contribution >= 4 is 144 Å². The molecule has 0 saturated heterocycles. The summed E-state index contributed by atoms with van der Waals surface area (Å²) in [6, 6.07) is 41.9. The van der Waals surface area contributed by atoms with Crippen molar-refractivity contribution in [3.63, 3.8) is 0 Å². The number of benzene rings is 17. The molecule has 0 unspecified atom stereocenters. The number of rotatable bonds is 10. The molecule has 6 heterocycles. The molecule has 17 aromatic carbocycles. The topological polar surface area (TPSA) is 26.2 Å². The first kappa shape index (κ1) is 40.3. The predicted octanol–water partition coefficient (Wildman–Crippen LogP) is 26.1. The minimum absolute atomic E-state index is 0.0559. The van der Waals surface area contributed by atoms with E-state index in [0.717, 1.165) is 5.56 Å². The highest BCUT2D eigenvalue weighted by Gasteiger charge is 2.45. The zero-order valence-corrected chi connectivity index (χ0v) is 60.2. The lowest BCUT2D eigenvalue weighted by molar-refractivity contribution is 0.590. The van der Waals surface area contributed by atoms with Crippen molar-refractivity contribution in [2.24, 2.45) is 0 Å². The first-order valence-corrected chi connectivity index (χ1v) is 36.7. The van der Waals surface area contributed by atoms with E-state index in [-0.39, 0.29) is 98.6 Å². The quantitative estimate of drug-likeness (QED) is 0.128. The normalized spacial score (nSPS) is 16.6. The van der Waals surface area contributed by atoms with E-state index in [9.17, 15) is 21.9 Å². The van der Waals surface area contributed by atoms with Gasteiger partial charge in [0.1, 0.15) is 0 Å². The molecule has 2 aliphatic heterocycles. The van der Waals surface area contributed by atoms with Crippen LogP contribution in [0.1, 0.15) is 70.2 Å². The summed E-state index contributed by atoms with van der Waals surface area (Å²) in [7, 11) is 0. The monoisotopic (exact) mass is 1470 g/mol. The van der Waals surface area contributed by atoms with E-state index < -0.39 is 205 Å². The number of aromatic nitrogens is 4. The second-order valence-electron chi connectivity index (χ2n) is 29.2. The van der Waals surface area contributed by atoms with Crippen LogP contribution in [0.25, 0.3) is 154 Å². The van der Waals surface area contributed by atoms with Gasteiger partial charge in [-0.3, -0.25) is 0 Å². The van der Waals surface area contributed by atoms with E-state index in [1.807, 2.05) is 133 Å². The van der Waals surface area contributed by atoms with Gasteiger partial charge in [-0.05, 0) is 182 Å². The Bertz CT molecular complexity index is 8710. The minimum atomic E-state index is -0.886. The van der Waals surface area contributed by atoms with E-state index in [0.29, 0.717) is 106 Å². The number of anilines is 6. The maximum absolute atomic E-state index is 9.81. The van der Waals surface area contributed by atoms with Gasteiger partial charge in [0.05, 0.1) is 99.4 Å². The number of hydrogen-bond acceptors (Lipinski definition) is 2. The zero-order chi connectivity index (χ0) is 103. The molecule has 7 heteroatoms. The van der Waals surface area contributed by atoms with Gasteiger partial charge in [-0.1, -0.05) is 287 Å². The molecule has 21 aromatic rings. The van der Waals surface area contributed by atoms with E-state index in [1.165, 1.54) is 18.3 Å². The molecular formula is C106H73BN6. The van der Waals surface area contributed by atoms with Gasteiger partial charge in [0.25, 0.3) is 6.71 Å². The number of para-hydroxylation sites is 10. The molecule has 530 valence electrons.